The molecule has 38 heavy (non-hydrogen) atoms. The number of rotatable bonds is 10. The lowest BCUT2D eigenvalue weighted by Crippen LogP contribution is -2.69. The molecule has 0 radical (unpaired) electrons. The Morgan fingerprint density at radius 2 is 1.63 bits per heavy atom. The minimum absolute atomic E-state index is 0.000983. The van der Waals surface area contributed by atoms with Gasteiger partial charge in [-0.25, -0.2) is 0 Å². The normalized spacial score (nSPS) is 44.9. The van der Waals surface area contributed by atoms with Gasteiger partial charge >= 0.3 is 0 Å². The molecule has 2 saturated heterocycles. The van der Waals surface area contributed by atoms with Gasteiger partial charge in [0.05, 0.1) is 30.8 Å². The number of aliphatic hydroxyl groups is 5. The molecule has 7 unspecified atom stereocenters. The number of aliphatic hydroxyl groups excluding tert-OH is 5. The molecule has 16 heteroatoms. The van der Waals surface area contributed by atoms with Crippen molar-refractivity contribution < 1.29 is 49.3 Å². The molecule has 0 aromatic rings. The second kappa shape index (κ2) is 14.0. The van der Waals surface area contributed by atoms with Crippen LogP contribution >= 0.6 is 0 Å². The van der Waals surface area contributed by atoms with Crippen LogP contribution in [0.5, 0.6) is 0 Å². The van der Waals surface area contributed by atoms with Crippen molar-refractivity contribution in [3.63, 3.8) is 0 Å². The molecule has 2 heterocycles. The quantitative estimate of drug-likeness (QED) is 0.120. The molecule has 0 aromatic carbocycles. The summed E-state index contributed by atoms with van der Waals surface area (Å²) in [5, 5.41) is 54.4. The van der Waals surface area contributed by atoms with Crippen molar-refractivity contribution in [1.82, 2.24) is 5.32 Å². The van der Waals surface area contributed by atoms with Gasteiger partial charge in [0.1, 0.15) is 42.7 Å². The molecule has 1 aliphatic carbocycles. The summed E-state index contributed by atoms with van der Waals surface area (Å²) < 4.78 is 23.3. The minimum atomic E-state index is -1.55. The number of carbonyl (C=O) groups is 1. The zero-order chi connectivity index (χ0) is 28.1. The highest BCUT2D eigenvalue weighted by Gasteiger charge is 2.51. The Morgan fingerprint density at radius 3 is 2.26 bits per heavy atom. The average Bonchev–Trinajstić information content (AvgIpc) is 2.89. The van der Waals surface area contributed by atoms with Crippen LogP contribution in [-0.2, 0) is 23.7 Å². The van der Waals surface area contributed by atoms with E-state index in [0.29, 0.717) is 12.8 Å². The van der Waals surface area contributed by atoms with Crippen LogP contribution in [0, 0.1) is 0 Å². The summed E-state index contributed by atoms with van der Waals surface area (Å²) in [7, 11) is 0. The van der Waals surface area contributed by atoms with E-state index >= 15 is 0 Å². The van der Waals surface area contributed by atoms with E-state index in [2.05, 4.69) is 5.32 Å². The van der Waals surface area contributed by atoms with E-state index in [1.165, 1.54) is 0 Å². The fourth-order valence-electron chi connectivity index (χ4n) is 5.02. The molecular weight excluding hydrogens is 508 g/mol. The monoisotopic (exact) mass is 552 g/mol. The first-order valence-corrected chi connectivity index (χ1v) is 12.9. The van der Waals surface area contributed by atoms with Crippen molar-refractivity contribution in [2.24, 2.45) is 28.7 Å². The molecule has 16 nitrogen and oxygen atoms in total. The highest BCUT2D eigenvalue weighted by Crippen LogP contribution is 2.31. The lowest BCUT2D eigenvalue weighted by Gasteiger charge is -2.48. The smallest absolute Gasteiger partial charge is 0.249 e. The number of carbonyl (C=O) groups excluding carboxylic acids is 1. The third-order valence-electron chi connectivity index (χ3n) is 7.37. The topological polar surface area (TPSA) is 297 Å². The van der Waals surface area contributed by atoms with E-state index in [4.69, 9.17) is 47.6 Å². The number of hydrogen-bond donors (Lipinski definition) is 11. The van der Waals surface area contributed by atoms with Gasteiger partial charge in [-0.1, -0.05) is 0 Å². The molecule has 14 atom stereocenters. The summed E-state index contributed by atoms with van der Waals surface area (Å²) in [5.41, 5.74) is 29.6. The van der Waals surface area contributed by atoms with Crippen LogP contribution in [-0.4, -0.2) is 137 Å². The van der Waals surface area contributed by atoms with Crippen molar-refractivity contribution >= 4 is 5.91 Å². The molecule has 3 fully saturated rings. The Morgan fingerprint density at radius 1 is 0.947 bits per heavy atom. The van der Waals surface area contributed by atoms with Gasteiger partial charge in [-0.15, -0.1) is 0 Å². The zero-order valence-corrected chi connectivity index (χ0v) is 21.2. The number of nitrogens with two attached hydrogens (primary N) is 5. The Bertz CT molecular complexity index is 755. The first kappa shape index (κ1) is 31.4. The van der Waals surface area contributed by atoms with Gasteiger partial charge in [-0.3, -0.25) is 4.79 Å². The van der Waals surface area contributed by atoms with Gasteiger partial charge in [0.15, 0.2) is 12.6 Å². The van der Waals surface area contributed by atoms with Gasteiger partial charge in [0, 0.05) is 12.6 Å². The summed E-state index contributed by atoms with van der Waals surface area (Å²) in [5.74, 6) is -0.762. The molecule has 0 aromatic heterocycles. The molecule has 3 aliphatic rings. The largest absolute Gasteiger partial charge is 0.394 e. The number of amides is 1. The van der Waals surface area contributed by atoms with Gasteiger partial charge in [-0.2, -0.15) is 0 Å². The van der Waals surface area contributed by atoms with Crippen molar-refractivity contribution in [3.8, 4) is 0 Å². The van der Waals surface area contributed by atoms with Crippen molar-refractivity contribution in [2.45, 2.75) is 111 Å². The summed E-state index contributed by atoms with van der Waals surface area (Å²) in [4.78, 5) is 12.6. The molecule has 0 bridgehead atoms. The number of ether oxygens (including phenoxy) is 4. The third kappa shape index (κ3) is 7.15. The van der Waals surface area contributed by atoms with E-state index in [0.717, 1.165) is 0 Å². The summed E-state index contributed by atoms with van der Waals surface area (Å²) >= 11 is 0. The molecule has 1 saturated carbocycles. The van der Waals surface area contributed by atoms with Crippen LogP contribution in [0.3, 0.4) is 0 Å². The molecular formula is C22H44N6O10. The minimum Gasteiger partial charge on any atom is -0.394 e. The van der Waals surface area contributed by atoms with E-state index in [9.17, 15) is 30.3 Å². The predicted octanol–water partition coefficient (Wildman–Crippen LogP) is -6.40. The second-order valence-electron chi connectivity index (χ2n) is 10.2. The lowest BCUT2D eigenvalue weighted by molar-refractivity contribution is -0.314. The highest BCUT2D eigenvalue weighted by atomic mass is 16.7. The van der Waals surface area contributed by atoms with Crippen LogP contribution in [0.4, 0.5) is 0 Å². The molecule has 222 valence electrons. The summed E-state index contributed by atoms with van der Waals surface area (Å²) in [6, 6.07) is -3.54. The van der Waals surface area contributed by atoms with Gasteiger partial charge in [0.2, 0.25) is 5.91 Å². The van der Waals surface area contributed by atoms with Crippen molar-refractivity contribution in [2.75, 3.05) is 19.7 Å². The van der Waals surface area contributed by atoms with E-state index in [1.807, 2.05) is 0 Å². The molecule has 16 N–H and O–H groups in total. The van der Waals surface area contributed by atoms with E-state index in [1.54, 1.807) is 0 Å². The maximum atomic E-state index is 12.6. The van der Waals surface area contributed by atoms with E-state index < -0.39 is 92.0 Å². The molecule has 3 rings (SSSR count). The van der Waals surface area contributed by atoms with E-state index in [-0.39, 0.29) is 32.0 Å². The maximum Gasteiger partial charge on any atom is 0.249 e. The van der Waals surface area contributed by atoms with Gasteiger partial charge in [-0.05, 0) is 32.2 Å². The molecule has 0 spiro atoms. The number of hydrogen-bond acceptors (Lipinski definition) is 15. The maximum absolute atomic E-state index is 12.6. The van der Waals surface area contributed by atoms with Crippen LogP contribution < -0.4 is 34.0 Å². The zero-order valence-electron chi connectivity index (χ0n) is 21.2. The summed E-state index contributed by atoms with van der Waals surface area (Å²) in [6.45, 7) is -0.296. The van der Waals surface area contributed by atoms with Crippen molar-refractivity contribution in [3.05, 3.63) is 0 Å². The Hall–Kier alpha value is -1.09. The first-order chi connectivity index (χ1) is 18.0. The average molecular weight is 553 g/mol. The van der Waals surface area contributed by atoms with Gasteiger partial charge < -0.3 is 78.5 Å². The van der Waals surface area contributed by atoms with Crippen LogP contribution in [0.2, 0.25) is 0 Å². The third-order valence-corrected chi connectivity index (χ3v) is 7.37. The fraction of sp³-hybridized carbons (Fsp3) is 0.955. The Kier molecular flexibility index (Phi) is 11.6. The predicted molar refractivity (Wildman–Crippen MR) is 131 cm³/mol. The van der Waals surface area contributed by atoms with Crippen LogP contribution in [0.25, 0.3) is 0 Å². The highest BCUT2D eigenvalue weighted by molar-refractivity contribution is 5.80. The van der Waals surface area contributed by atoms with Crippen molar-refractivity contribution in [1.29, 1.82) is 0 Å². The van der Waals surface area contributed by atoms with Crippen LogP contribution in [0.1, 0.15) is 25.7 Å². The van der Waals surface area contributed by atoms with Gasteiger partial charge in [0.25, 0.3) is 0 Å². The molecule has 2 aliphatic heterocycles. The molecule has 1 amide bonds. The van der Waals surface area contributed by atoms with Crippen LogP contribution in [0.15, 0.2) is 0 Å². The standard InChI is InChI=1S/C22H44N6O10/c23-4-3-12(30)20(34)28-11-5-10(26)18(37-21-9(25)2-1-8(6-24)35-21)17(33)19(11)38-22-16(32)14(27)15(31)13(7-29)36-22/h8-19,21-22,29-33H,1-7,23-27H2,(H,28,34)/t8?,9-,10?,11+,12?,13?,14?,15+,16-,17-,18?,19?,21+,22-/m0/s1. The lowest BCUT2D eigenvalue weighted by atomic mass is 9.83. The SMILES string of the molecule is NCCC(O)C(=O)N[C@@H]1CC(N)C(O[C@H]2OC(CN)CC[C@@H]2N)[C@H](O)C1O[C@@H]1OC(CO)[C@@H](O)C(N)[C@@H]1O. The Labute approximate surface area is 220 Å². The summed E-state index contributed by atoms with van der Waals surface area (Å²) in [6.07, 6.45) is -10.8. The first-order valence-electron chi connectivity index (χ1n) is 12.9. The number of nitrogens with one attached hydrogen (secondary N) is 1. The fourth-order valence-corrected chi connectivity index (χ4v) is 5.02. The Balaban J connectivity index is 1.82. The second-order valence-corrected chi connectivity index (χ2v) is 10.2.